The van der Waals surface area contributed by atoms with E-state index >= 15 is 0 Å². The van der Waals surface area contributed by atoms with E-state index in [9.17, 15) is 22.8 Å². The van der Waals surface area contributed by atoms with Crippen molar-refractivity contribution < 1.29 is 18.0 Å². The van der Waals surface area contributed by atoms with E-state index in [2.05, 4.69) is 15.3 Å². The molecule has 0 fully saturated rings. The summed E-state index contributed by atoms with van der Waals surface area (Å²) in [4.78, 5) is 31.2. The summed E-state index contributed by atoms with van der Waals surface area (Å²) in [6, 6.07) is 13.0. The number of carbonyl (C=O) groups is 1. The normalized spacial score (nSPS) is 11.3. The molecule has 0 aliphatic rings. The van der Waals surface area contributed by atoms with E-state index in [0.717, 1.165) is 0 Å². The zero-order chi connectivity index (χ0) is 18.0. The predicted octanol–water partition coefficient (Wildman–Crippen LogP) is 3.26. The SMILES string of the molecule is O=C(Nc1nc(C(F)(F)F)c2ccccc2nc1=O)c1ccccc1. The number of nitrogens with zero attached hydrogens (tertiary/aromatic N) is 2. The van der Waals surface area contributed by atoms with Gasteiger partial charge in [0.05, 0.1) is 5.52 Å². The van der Waals surface area contributed by atoms with Crippen LogP contribution in [0.25, 0.3) is 10.9 Å². The molecule has 0 bridgehead atoms. The molecule has 0 saturated heterocycles. The van der Waals surface area contributed by atoms with Gasteiger partial charge in [-0.15, -0.1) is 0 Å². The zero-order valence-electron chi connectivity index (χ0n) is 12.5. The molecule has 1 aromatic heterocycles. The second-order valence-electron chi connectivity index (χ2n) is 5.06. The lowest BCUT2D eigenvalue weighted by Crippen LogP contribution is -2.20. The molecule has 8 heteroatoms. The number of hydrogen-bond donors (Lipinski definition) is 1. The lowest BCUT2D eigenvalue weighted by atomic mass is 10.2. The number of carbonyl (C=O) groups excluding carboxylic acids is 1. The number of fused-ring (bicyclic) bond motifs is 1. The van der Waals surface area contributed by atoms with Crippen molar-refractivity contribution in [3.05, 3.63) is 76.2 Å². The minimum Gasteiger partial charge on any atom is -0.302 e. The number of amides is 1. The highest BCUT2D eigenvalue weighted by Crippen LogP contribution is 2.32. The lowest BCUT2D eigenvalue weighted by Gasteiger charge is -2.06. The highest BCUT2D eigenvalue weighted by atomic mass is 19.4. The number of rotatable bonds is 2. The molecule has 1 heterocycles. The minimum atomic E-state index is -4.82. The molecule has 1 amide bonds. The Kier molecular flexibility index (Phi) is 4.18. The highest BCUT2D eigenvalue weighted by Gasteiger charge is 2.35. The van der Waals surface area contributed by atoms with Crippen LogP contribution in [0.15, 0.2) is 59.4 Å². The number of hydrogen-bond acceptors (Lipinski definition) is 4. The van der Waals surface area contributed by atoms with Crippen LogP contribution in [0.4, 0.5) is 19.0 Å². The van der Waals surface area contributed by atoms with Gasteiger partial charge < -0.3 is 5.32 Å². The van der Waals surface area contributed by atoms with Crippen LogP contribution in [0, 0.1) is 0 Å². The fraction of sp³-hybridized carbons (Fsp3) is 0.0588. The number of nitrogens with one attached hydrogen (secondary N) is 1. The van der Waals surface area contributed by atoms with Crippen molar-refractivity contribution in [2.24, 2.45) is 0 Å². The first-order valence-electron chi connectivity index (χ1n) is 7.11. The Bertz CT molecular complexity index is 1010. The number of halogens is 3. The Labute approximate surface area is 139 Å². The molecule has 3 aromatic rings. The van der Waals surface area contributed by atoms with Crippen molar-refractivity contribution in [1.29, 1.82) is 0 Å². The molecule has 126 valence electrons. The number of alkyl halides is 3. The molecular formula is C17H10F3N3O2. The summed E-state index contributed by atoms with van der Waals surface area (Å²) in [5, 5.41) is 1.78. The molecule has 3 rings (SSSR count). The van der Waals surface area contributed by atoms with E-state index in [0.29, 0.717) is 0 Å². The maximum absolute atomic E-state index is 13.4. The van der Waals surface area contributed by atoms with Crippen LogP contribution in [0.5, 0.6) is 0 Å². The first-order chi connectivity index (χ1) is 11.9. The summed E-state index contributed by atoms with van der Waals surface area (Å²) in [7, 11) is 0. The summed E-state index contributed by atoms with van der Waals surface area (Å²) < 4.78 is 40.1. The topological polar surface area (TPSA) is 72.0 Å². The van der Waals surface area contributed by atoms with Crippen molar-refractivity contribution in [1.82, 2.24) is 9.97 Å². The minimum absolute atomic E-state index is 0.160. The summed E-state index contributed by atoms with van der Waals surface area (Å²) in [5.74, 6) is -1.53. The maximum atomic E-state index is 13.4. The molecule has 5 nitrogen and oxygen atoms in total. The van der Waals surface area contributed by atoms with E-state index in [4.69, 9.17) is 0 Å². The highest BCUT2D eigenvalue weighted by molar-refractivity contribution is 6.03. The fourth-order valence-corrected chi connectivity index (χ4v) is 2.22. The third kappa shape index (κ3) is 3.47. The Morgan fingerprint density at radius 3 is 2.24 bits per heavy atom. The number of anilines is 1. The number of para-hydroxylation sites is 1. The molecular weight excluding hydrogens is 335 g/mol. The van der Waals surface area contributed by atoms with E-state index in [1.807, 2.05) is 0 Å². The van der Waals surface area contributed by atoms with Crippen LogP contribution < -0.4 is 10.9 Å². The second kappa shape index (κ2) is 6.31. The third-order valence-electron chi connectivity index (χ3n) is 3.34. The van der Waals surface area contributed by atoms with Crippen LogP contribution in [0.1, 0.15) is 16.1 Å². The fourth-order valence-electron chi connectivity index (χ4n) is 2.22. The Morgan fingerprint density at radius 1 is 0.920 bits per heavy atom. The van der Waals surface area contributed by atoms with Gasteiger partial charge in [0, 0.05) is 10.9 Å². The van der Waals surface area contributed by atoms with E-state index in [1.54, 1.807) is 18.2 Å². The first kappa shape index (κ1) is 16.6. The standard InChI is InChI=1S/C17H10F3N3O2/c18-17(19,20)13-11-8-4-5-9-12(11)21-16(25)14(22-13)23-15(24)10-6-2-1-3-7-10/h1-9H,(H,21,22,23,24,25). The molecule has 0 atom stereocenters. The maximum Gasteiger partial charge on any atom is 0.434 e. The molecule has 0 aliphatic heterocycles. The van der Waals surface area contributed by atoms with Gasteiger partial charge in [0.1, 0.15) is 0 Å². The number of benzene rings is 2. The monoisotopic (exact) mass is 345 g/mol. The van der Waals surface area contributed by atoms with E-state index in [-0.39, 0.29) is 16.5 Å². The molecule has 0 saturated carbocycles. The third-order valence-corrected chi connectivity index (χ3v) is 3.34. The van der Waals surface area contributed by atoms with Crippen LogP contribution in [-0.4, -0.2) is 15.9 Å². The van der Waals surface area contributed by atoms with Crippen molar-refractivity contribution in [3.63, 3.8) is 0 Å². The van der Waals surface area contributed by atoms with E-state index in [1.165, 1.54) is 36.4 Å². The van der Waals surface area contributed by atoms with Gasteiger partial charge in [-0.2, -0.15) is 13.2 Å². The molecule has 2 aromatic carbocycles. The average molecular weight is 345 g/mol. The molecule has 1 N–H and O–H groups in total. The molecule has 0 unspecified atom stereocenters. The van der Waals surface area contributed by atoms with Gasteiger partial charge >= 0.3 is 11.7 Å². The van der Waals surface area contributed by atoms with Gasteiger partial charge in [0.2, 0.25) is 5.82 Å². The summed E-state index contributed by atoms with van der Waals surface area (Å²) in [5.41, 5.74) is -2.34. The summed E-state index contributed by atoms with van der Waals surface area (Å²) >= 11 is 0. The van der Waals surface area contributed by atoms with Crippen molar-refractivity contribution >= 4 is 22.6 Å². The molecule has 0 aliphatic carbocycles. The van der Waals surface area contributed by atoms with Crippen molar-refractivity contribution in [2.45, 2.75) is 6.18 Å². The van der Waals surface area contributed by atoms with Gasteiger partial charge in [-0.1, -0.05) is 36.4 Å². The van der Waals surface area contributed by atoms with Gasteiger partial charge in [-0.3, -0.25) is 9.59 Å². The largest absolute Gasteiger partial charge is 0.434 e. The van der Waals surface area contributed by atoms with Crippen LogP contribution in [-0.2, 0) is 6.18 Å². The zero-order valence-corrected chi connectivity index (χ0v) is 12.5. The van der Waals surface area contributed by atoms with Crippen LogP contribution >= 0.6 is 0 Å². The predicted molar refractivity (Wildman–Crippen MR) is 85.2 cm³/mol. The van der Waals surface area contributed by atoms with E-state index < -0.39 is 29.2 Å². The summed E-state index contributed by atoms with van der Waals surface area (Å²) in [6.07, 6.45) is -4.82. The molecule has 0 spiro atoms. The Morgan fingerprint density at radius 2 is 1.56 bits per heavy atom. The first-order valence-corrected chi connectivity index (χ1v) is 7.11. The Balaban J connectivity index is 2.18. The smallest absolute Gasteiger partial charge is 0.302 e. The summed E-state index contributed by atoms with van der Waals surface area (Å²) in [6.45, 7) is 0. The van der Waals surface area contributed by atoms with Crippen molar-refractivity contribution in [2.75, 3.05) is 5.32 Å². The average Bonchev–Trinajstić information content (AvgIpc) is 2.72. The quantitative estimate of drug-likeness (QED) is 0.774. The molecule has 25 heavy (non-hydrogen) atoms. The van der Waals surface area contributed by atoms with Gasteiger partial charge in [0.15, 0.2) is 5.69 Å². The van der Waals surface area contributed by atoms with Gasteiger partial charge in [0.25, 0.3) is 5.91 Å². The van der Waals surface area contributed by atoms with Crippen LogP contribution in [0.2, 0.25) is 0 Å². The number of aromatic nitrogens is 2. The van der Waals surface area contributed by atoms with Crippen LogP contribution in [0.3, 0.4) is 0 Å². The lowest BCUT2D eigenvalue weighted by molar-refractivity contribution is -0.139. The van der Waals surface area contributed by atoms with Gasteiger partial charge in [-0.25, -0.2) is 9.97 Å². The van der Waals surface area contributed by atoms with Crippen molar-refractivity contribution in [3.8, 4) is 0 Å². The van der Waals surface area contributed by atoms with Gasteiger partial charge in [-0.05, 0) is 18.2 Å². The molecule has 0 radical (unpaired) electrons. The second-order valence-corrected chi connectivity index (χ2v) is 5.06. The Hall–Kier alpha value is -3.29.